The lowest BCUT2D eigenvalue weighted by Crippen LogP contribution is -2.72. The lowest BCUT2D eigenvalue weighted by Gasteiger charge is -2.59. The Morgan fingerprint density at radius 1 is 1.46 bits per heavy atom. The molecule has 2 saturated heterocycles. The van der Waals surface area contributed by atoms with Crippen LogP contribution in [0.3, 0.4) is 0 Å². The predicted molar refractivity (Wildman–Crippen MR) is 47.1 cm³/mol. The van der Waals surface area contributed by atoms with Crippen LogP contribution in [0.1, 0.15) is 6.92 Å². The number of carbonyl (C=O) groups is 1. The largest absolute Gasteiger partial charge is 0.344 e. The SMILES string of the molecule is CC(F)CN1CC2(CN(C=O)C2)C1. The Kier molecular flexibility index (Phi) is 2.02. The fraction of sp³-hybridized carbons (Fsp3) is 0.889. The Morgan fingerprint density at radius 2 is 2.08 bits per heavy atom. The first-order valence-electron chi connectivity index (χ1n) is 4.69. The summed E-state index contributed by atoms with van der Waals surface area (Å²) in [6.07, 6.45) is 0.158. The topological polar surface area (TPSA) is 23.6 Å². The van der Waals surface area contributed by atoms with Gasteiger partial charge in [0, 0.05) is 38.1 Å². The Bertz CT molecular complexity index is 206. The zero-order chi connectivity index (χ0) is 9.47. The third kappa shape index (κ3) is 1.55. The summed E-state index contributed by atoms with van der Waals surface area (Å²) >= 11 is 0. The summed E-state index contributed by atoms with van der Waals surface area (Å²) < 4.78 is 12.6. The van der Waals surface area contributed by atoms with E-state index in [0.29, 0.717) is 12.0 Å². The maximum absolute atomic E-state index is 12.6. The van der Waals surface area contributed by atoms with Crippen LogP contribution in [0.2, 0.25) is 0 Å². The van der Waals surface area contributed by atoms with E-state index in [-0.39, 0.29) is 0 Å². The van der Waals surface area contributed by atoms with Crippen molar-refractivity contribution in [3.05, 3.63) is 0 Å². The van der Waals surface area contributed by atoms with Crippen LogP contribution in [-0.4, -0.2) is 55.1 Å². The molecule has 0 aromatic heterocycles. The van der Waals surface area contributed by atoms with Gasteiger partial charge in [-0.3, -0.25) is 9.69 Å². The van der Waals surface area contributed by atoms with E-state index in [0.717, 1.165) is 32.6 Å². The van der Waals surface area contributed by atoms with Crippen LogP contribution < -0.4 is 0 Å². The van der Waals surface area contributed by atoms with Gasteiger partial charge in [0.2, 0.25) is 6.41 Å². The lowest BCUT2D eigenvalue weighted by molar-refractivity contribution is -0.147. The zero-order valence-electron chi connectivity index (χ0n) is 7.87. The van der Waals surface area contributed by atoms with Crippen LogP contribution >= 0.6 is 0 Å². The molecule has 74 valence electrons. The van der Waals surface area contributed by atoms with E-state index in [1.807, 2.05) is 0 Å². The van der Waals surface area contributed by atoms with Crippen molar-refractivity contribution in [1.29, 1.82) is 0 Å². The van der Waals surface area contributed by atoms with Gasteiger partial charge >= 0.3 is 0 Å². The number of hydrogen-bond donors (Lipinski definition) is 0. The molecule has 0 aliphatic carbocycles. The highest BCUT2D eigenvalue weighted by Gasteiger charge is 2.51. The molecule has 4 heteroatoms. The highest BCUT2D eigenvalue weighted by atomic mass is 19.1. The number of halogens is 1. The van der Waals surface area contributed by atoms with Gasteiger partial charge < -0.3 is 4.90 Å². The van der Waals surface area contributed by atoms with Gasteiger partial charge in [-0.25, -0.2) is 4.39 Å². The molecule has 13 heavy (non-hydrogen) atoms. The number of alkyl halides is 1. The van der Waals surface area contributed by atoms with E-state index in [2.05, 4.69) is 4.90 Å². The van der Waals surface area contributed by atoms with E-state index in [4.69, 9.17) is 0 Å². The lowest BCUT2D eigenvalue weighted by atomic mass is 9.73. The Labute approximate surface area is 77.5 Å². The zero-order valence-corrected chi connectivity index (χ0v) is 7.87. The number of likely N-dealkylation sites (tertiary alicyclic amines) is 2. The normalized spacial score (nSPS) is 28.0. The summed E-state index contributed by atoms with van der Waals surface area (Å²) in [7, 11) is 0. The molecule has 2 fully saturated rings. The Balaban J connectivity index is 1.70. The summed E-state index contributed by atoms with van der Waals surface area (Å²) in [5, 5.41) is 0. The maximum atomic E-state index is 12.6. The number of amides is 1. The molecule has 2 aliphatic rings. The second-order valence-corrected chi connectivity index (χ2v) is 4.46. The van der Waals surface area contributed by atoms with Crippen LogP contribution in [0, 0.1) is 5.41 Å². The van der Waals surface area contributed by atoms with Crippen molar-refractivity contribution in [1.82, 2.24) is 9.80 Å². The molecule has 1 atom stereocenters. The first kappa shape index (κ1) is 8.94. The summed E-state index contributed by atoms with van der Waals surface area (Å²) in [6.45, 7) is 5.80. The van der Waals surface area contributed by atoms with Crippen molar-refractivity contribution < 1.29 is 9.18 Å². The molecule has 0 N–H and O–H groups in total. The summed E-state index contributed by atoms with van der Waals surface area (Å²) in [6, 6.07) is 0. The molecule has 2 rings (SSSR count). The van der Waals surface area contributed by atoms with Gasteiger partial charge in [0.15, 0.2) is 0 Å². The molecule has 2 aliphatic heterocycles. The van der Waals surface area contributed by atoms with E-state index in [1.54, 1.807) is 11.8 Å². The highest BCUT2D eigenvalue weighted by molar-refractivity contribution is 5.49. The van der Waals surface area contributed by atoms with Crippen LogP contribution in [-0.2, 0) is 4.79 Å². The van der Waals surface area contributed by atoms with Crippen molar-refractivity contribution in [3.8, 4) is 0 Å². The molecule has 2 heterocycles. The van der Waals surface area contributed by atoms with E-state index in [9.17, 15) is 9.18 Å². The molecule has 1 unspecified atom stereocenters. The molecular weight excluding hydrogens is 171 g/mol. The van der Waals surface area contributed by atoms with Gasteiger partial charge in [0.25, 0.3) is 0 Å². The maximum Gasteiger partial charge on any atom is 0.209 e. The monoisotopic (exact) mass is 186 g/mol. The van der Waals surface area contributed by atoms with Gasteiger partial charge in [-0.05, 0) is 6.92 Å². The molecule has 1 amide bonds. The minimum Gasteiger partial charge on any atom is -0.344 e. The van der Waals surface area contributed by atoms with Crippen molar-refractivity contribution >= 4 is 6.41 Å². The molecule has 0 aromatic rings. The van der Waals surface area contributed by atoms with Crippen LogP contribution in [0.4, 0.5) is 4.39 Å². The summed E-state index contributed by atoms with van der Waals surface area (Å²) in [4.78, 5) is 14.2. The highest BCUT2D eigenvalue weighted by Crippen LogP contribution is 2.38. The van der Waals surface area contributed by atoms with Crippen molar-refractivity contribution in [2.24, 2.45) is 5.41 Å². The van der Waals surface area contributed by atoms with Crippen molar-refractivity contribution in [2.75, 3.05) is 32.7 Å². The second kappa shape index (κ2) is 2.94. The third-order valence-corrected chi connectivity index (χ3v) is 2.85. The van der Waals surface area contributed by atoms with Gasteiger partial charge in [-0.15, -0.1) is 0 Å². The molecule has 3 nitrogen and oxygen atoms in total. The quantitative estimate of drug-likeness (QED) is 0.584. The molecule has 1 spiro atoms. The summed E-state index contributed by atoms with van der Waals surface area (Å²) in [5.41, 5.74) is 0.329. The standard InChI is InChI=1S/C9H15FN2O/c1-8(10)2-11-3-9(4-11)5-12(6-9)7-13/h7-8H,2-6H2,1H3. The first-order chi connectivity index (χ1) is 6.13. The van der Waals surface area contributed by atoms with E-state index < -0.39 is 6.17 Å². The predicted octanol–water partition coefficient (Wildman–Crippen LogP) is 0.118. The third-order valence-electron chi connectivity index (χ3n) is 2.85. The Hall–Kier alpha value is -0.640. The number of rotatable bonds is 3. The van der Waals surface area contributed by atoms with Crippen molar-refractivity contribution in [3.63, 3.8) is 0 Å². The first-order valence-corrected chi connectivity index (χ1v) is 4.69. The Morgan fingerprint density at radius 3 is 2.54 bits per heavy atom. The molecule has 0 saturated carbocycles. The smallest absolute Gasteiger partial charge is 0.209 e. The van der Waals surface area contributed by atoms with Gasteiger partial charge in [-0.2, -0.15) is 0 Å². The van der Waals surface area contributed by atoms with E-state index >= 15 is 0 Å². The number of hydrogen-bond acceptors (Lipinski definition) is 2. The molecular formula is C9H15FN2O. The average molecular weight is 186 g/mol. The molecule has 0 aromatic carbocycles. The van der Waals surface area contributed by atoms with Gasteiger partial charge in [-0.1, -0.05) is 0 Å². The minimum absolute atomic E-state index is 0.329. The van der Waals surface area contributed by atoms with Gasteiger partial charge in [0.1, 0.15) is 6.17 Å². The van der Waals surface area contributed by atoms with E-state index in [1.165, 1.54) is 0 Å². The number of nitrogens with zero attached hydrogens (tertiary/aromatic N) is 2. The fourth-order valence-corrected chi connectivity index (χ4v) is 2.48. The molecule has 0 radical (unpaired) electrons. The second-order valence-electron chi connectivity index (χ2n) is 4.46. The molecule has 0 bridgehead atoms. The van der Waals surface area contributed by atoms with Crippen molar-refractivity contribution in [2.45, 2.75) is 13.1 Å². The van der Waals surface area contributed by atoms with Crippen LogP contribution in [0.5, 0.6) is 0 Å². The summed E-state index contributed by atoms with van der Waals surface area (Å²) in [5.74, 6) is 0. The van der Waals surface area contributed by atoms with Gasteiger partial charge in [0.05, 0.1) is 0 Å². The minimum atomic E-state index is -0.736. The number of carbonyl (C=O) groups excluding carboxylic acids is 1. The average Bonchev–Trinajstić information content (AvgIpc) is 1.90. The van der Waals surface area contributed by atoms with Crippen LogP contribution in [0.15, 0.2) is 0 Å². The van der Waals surface area contributed by atoms with Crippen LogP contribution in [0.25, 0.3) is 0 Å². The fourth-order valence-electron chi connectivity index (χ4n) is 2.48.